The number of aromatic amines is 1. The minimum atomic E-state index is 1.19. The Morgan fingerprint density at radius 1 is 0.440 bits per heavy atom. The van der Waals surface area contributed by atoms with Crippen LogP contribution in [0.3, 0.4) is 0 Å². The molecule has 1 aromatic heterocycles. The van der Waals surface area contributed by atoms with Crippen molar-refractivity contribution in [1.82, 2.24) is 4.98 Å². The Balaban J connectivity index is 1.66. The van der Waals surface area contributed by atoms with Gasteiger partial charge >= 0.3 is 0 Å². The third-order valence-electron chi connectivity index (χ3n) is 4.84. The minimum Gasteiger partial charge on any atom is -0.354 e. The zero-order valence-corrected chi connectivity index (χ0v) is 13.7. The first-order chi connectivity index (χ1) is 12.4. The Kier molecular flexibility index (Phi) is 3.17. The van der Waals surface area contributed by atoms with Crippen LogP contribution in [0.25, 0.3) is 44.1 Å². The topological polar surface area (TPSA) is 15.8 Å². The van der Waals surface area contributed by atoms with Gasteiger partial charge in [0.05, 0.1) is 5.52 Å². The summed E-state index contributed by atoms with van der Waals surface area (Å²) >= 11 is 0. The van der Waals surface area contributed by atoms with Gasteiger partial charge in [0.15, 0.2) is 0 Å². The van der Waals surface area contributed by atoms with E-state index in [2.05, 4.69) is 102 Å². The van der Waals surface area contributed by atoms with Crippen LogP contribution in [0.2, 0.25) is 0 Å². The van der Waals surface area contributed by atoms with Crippen molar-refractivity contribution < 1.29 is 0 Å². The van der Waals surface area contributed by atoms with Gasteiger partial charge in [0.25, 0.3) is 0 Å². The first-order valence-corrected chi connectivity index (χ1v) is 8.55. The number of hydrogen-bond donors (Lipinski definition) is 1. The molecule has 0 aliphatic carbocycles. The Bertz CT molecular complexity index is 1170. The second-order valence-corrected chi connectivity index (χ2v) is 6.34. The zero-order chi connectivity index (χ0) is 16.6. The van der Waals surface area contributed by atoms with E-state index in [0.717, 1.165) is 0 Å². The molecule has 0 unspecified atom stereocenters. The molecule has 118 valence electrons. The molecule has 0 atom stereocenters. The number of benzene rings is 4. The highest BCUT2D eigenvalue weighted by atomic mass is 14.7. The third-order valence-corrected chi connectivity index (χ3v) is 4.84. The standard InChI is InChI=1S/C24H17N/c1-2-7-17(8-3-1)18-13-15-19(16-14-18)20-10-6-11-22-21-9-4-5-12-23(21)25-24(20)22/h1-16,25H. The Morgan fingerprint density at radius 2 is 1.08 bits per heavy atom. The van der Waals surface area contributed by atoms with E-state index < -0.39 is 0 Å². The van der Waals surface area contributed by atoms with E-state index in [1.165, 1.54) is 44.1 Å². The summed E-state index contributed by atoms with van der Waals surface area (Å²) in [5.41, 5.74) is 7.36. The molecule has 25 heavy (non-hydrogen) atoms. The minimum absolute atomic E-state index is 1.19. The summed E-state index contributed by atoms with van der Waals surface area (Å²) in [4.78, 5) is 3.59. The molecule has 1 heteroatoms. The molecule has 0 aliphatic rings. The van der Waals surface area contributed by atoms with Crippen LogP contribution < -0.4 is 0 Å². The maximum atomic E-state index is 3.59. The second-order valence-electron chi connectivity index (χ2n) is 6.34. The van der Waals surface area contributed by atoms with Gasteiger partial charge in [-0.05, 0) is 22.8 Å². The largest absolute Gasteiger partial charge is 0.354 e. The first kappa shape index (κ1) is 14.1. The van der Waals surface area contributed by atoms with Crippen LogP contribution in [0, 0.1) is 0 Å². The SMILES string of the molecule is c1ccc(-c2ccc(-c3cccc4c3[nH]c3ccccc34)cc2)cc1. The monoisotopic (exact) mass is 319 g/mol. The molecule has 4 aromatic carbocycles. The molecule has 1 heterocycles. The van der Waals surface area contributed by atoms with E-state index >= 15 is 0 Å². The second kappa shape index (κ2) is 5.64. The van der Waals surface area contributed by atoms with Crippen molar-refractivity contribution in [3.05, 3.63) is 97.1 Å². The van der Waals surface area contributed by atoms with Gasteiger partial charge < -0.3 is 4.98 Å². The van der Waals surface area contributed by atoms with Gasteiger partial charge in [0.1, 0.15) is 0 Å². The van der Waals surface area contributed by atoms with Crippen molar-refractivity contribution in [2.24, 2.45) is 0 Å². The highest BCUT2D eigenvalue weighted by Crippen LogP contribution is 2.33. The Morgan fingerprint density at radius 3 is 1.92 bits per heavy atom. The van der Waals surface area contributed by atoms with Crippen molar-refractivity contribution in [3.63, 3.8) is 0 Å². The number of para-hydroxylation sites is 2. The van der Waals surface area contributed by atoms with E-state index in [1.807, 2.05) is 0 Å². The van der Waals surface area contributed by atoms with Crippen LogP contribution in [0.4, 0.5) is 0 Å². The van der Waals surface area contributed by atoms with Gasteiger partial charge in [0.2, 0.25) is 0 Å². The van der Waals surface area contributed by atoms with Crippen LogP contribution >= 0.6 is 0 Å². The molecule has 5 aromatic rings. The molecule has 1 N–H and O–H groups in total. The van der Waals surface area contributed by atoms with Crippen molar-refractivity contribution in [2.75, 3.05) is 0 Å². The zero-order valence-electron chi connectivity index (χ0n) is 13.7. The van der Waals surface area contributed by atoms with Crippen molar-refractivity contribution >= 4 is 21.8 Å². The predicted octanol–water partition coefficient (Wildman–Crippen LogP) is 6.66. The van der Waals surface area contributed by atoms with Crippen LogP contribution in [0.1, 0.15) is 0 Å². The smallest absolute Gasteiger partial charge is 0.0544 e. The van der Waals surface area contributed by atoms with Crippen molar-refractivity contribution in [2.45, 2.75) is 0 Å². The van der Waals surface area contributed by atoms with Crippen molar-refractivity contribution in [3.8, 4) is 22.3 Å². The predicted molar refractivity (Wildman–Crippen MR) is 107 cm³/mol. The number of rotatable bonds is 2. The van der Waals surface area contributed by atoms with Crippen LogP contribution in [-0.4, -0.2) is 4.98 Å². The summed E-state index contributed by atoms with van der Waals surface area (Å²) in [6.07, 6.45) is 0. The number of hydrogen-bond acceptors (Lipinski definition) is 0. The highest BCUT2D eigenvalue weighted by molar-refractivity contribution is 6.11. The average molecular weight is 319 g/mol. The fourth-order valence-corrected chi connectivity index (χ4v) is 3.59. The van der Waals surface area contributed by atoms with Gasteiger partial charge in [-0.25, -0.2) is 0 Å². The lowest BCUT2D eigenvalue weighted by Crippen LogP contribution is -1.82. The summed E-state index contributed by atoms with van der Waals surface area (Å²) in [5.74, 6) is 0. The number of H-pyrrole nitrogens is 1. The number of nitrogens with one attached hydrogen (secondary N) is 1. The van der Waals surface area contributed by atoms with Gasteiger partial charge in [-0.3, -0.25) is 0 Å². The molecule has 5 rings (SSSR count). The molecule has 0 amide bonds. The lowest BCUT2D eigenvalue weighted by atomic mass is 9.99. The molecule has 0 spiro atoms. The summed E-state index contributed by atoms with van der Waals surface area (Å²) in [6.45, 7) is 0. The lowest BCUT2D eigenvalue weighted by molar-refractivity contribution is 1.53. The summed E-state index contributed by atoms with van der Waals surface area (Å²) in [7, 11) is 0. The van der Waals surface area contributed by atoms with Crippen LogP contribution in [-0.2, 0) is 0 Å². The average Bonchev–Trinajstić information content (AvgIpc) is 3.08. The summed E-state index contributed by atoms with van der Waals surface area (Å²) < 4.78 is 0. The van der Waals surface area contributed by atoms with Crippen molar-refractivity contribution in [1.29, 1.82) is 0 Å². The van der Waals surface area contributed by atoms with Gasteiger partial charge in [0, 0.05) is 21.9 Å². The number of aromatic nitrogens is 1. The quantitative estimate of drug-likeness (QED) is 0.374. The van der Waals surface area contributed by atoms with Gasteiger partial charge in [-0.15, -0.1) is 0 Å². The Labute approximate surface area is 146 Å². The summed E-state index contributed by atoms with van der Waals surface area (Å²) in [6, 6.07) is 34.3. The maximum Gasteiger partial charge on any atom is 0.0544 e. The molecule has 0 aliphatic heterocycles. The fourth-order valence-electron chi connectivity index (χ4n) is 3.59. The maximum absolute atomic E-state index is 3.59. The Hall–Kier alpha value is -3.32. The van der Waals surface area contributed by atoms with E-state index in [-0.39, 0.29) is 0 Å². The molecule has 0 saturated carbocycles. The summed E-state index contributed by atoms with van der Waals surface area (Å²) in [5, 5.41) is 2.56. The lowest BCUT2D eigenvalue weighted by Gasteiger charge is -2.06. The highest BCUT2D eigenvalue weighted by Gasteiger charge is 2.09. The molecular formula is C24H17N. The van der Waals surface area contributed by atoms with Gasteiger partial charge in [-0.2, -0.15) is 0 Å². The molecule has 0 radical (unpaired) electrons. The van der Waals surface area contributed by atoms with Crippen LogP contribution in [0.5, 0.6) is 0 Å². The molecule has 0 bridgehead atoms. The van der Waals surface area contributed by atoms with E-state index in [1.54, 1.807) is 0 Å². The molecule has 0 saturated heterocycles. The molecule has 1 nitrogen and oxygen atoms in total. The van der Waals surface area contributed by atoms with Gasteiger partial charge in [-0.1, -0.05) is 91.0 Å². The number of fused-ring (bicyclic) bond motifs is 3. The van der Waals surface area contributed by atoms with Crippen LogP contribution in [0.15, 0.2) is 97.1 Å². The molecule has 0 fully saturated rings. The van der Waals surface area contributed by atoms with E-state index in [4.69, 9.17) is 0 Å². The van der Waals surface area contributed by atoms with E-state index in [0.29, 0.717) is 0 Å². The third kappa shape index (κ3) is 2.33. The first-order valence-electron chi connectivity index (χ1n) is 8.55. The fraction of sp³-hybridized carbons (Fsp3) is 0. The normalized spacial score (nSPS) is 11.2. The van der Waals surface area contributed by atoms with E-state index in [9.17, 15) is 0 Å². The molecular weight excluding hydrogens is 302 g/mol.